The smallest absolute Gasteiger partial charge is 0.328 e. The van der Waals surface area contributed by atoms with Gasteiger partial charge < -0.3 is 15.5 Å². The van der Waals surface area contributed by atoms with E-state index in [2.05, 4.69) is 44.6 Å². The van der Waals surface area contributed by atoms with Crippen molar-refractivity contribution in [3.8, 4) is 5.00 Å². The van der Waals surface area contributed by atoms with Gasteiger partial charge in [-0.3, -0.25) is 39.0 Å². The number of likely N-dealkylation sites (tertiary alicyclic amines) is 1. The SMILES string of the molecule is Cc1sc2c(c1C)C(c1ccc(Cl)cc1)=N[C@@H](CC(=O)NCCCCCCCCNC(=O)/C=C/c1ccc([C@H]3C[C@H](N4C=CCC(=O)NC4=O)C(=O)N3C)cc1)c1nnc(C)n1-2. The predicted molar refractivity (Wildman–Crippen MR) is 240 cm³/mol. The topological polar surface area (TPSA) is 171 Å². The van der Waals surface area contributed by atoms with Crippen molar-refractivity contribution in [2.24, 2.45) is 4.99 Å². The number of aryl methyl sites for hydroxylation is 2. The predicted octanol–water partition coefficient (Wildman–Crippen LogP) is 7.20. The fourth-order valence-electron chi connectivity index (χ4n) is 8.11. The normalized spacial score (nSPS) is 18.6. The number of benzene rings is 2. The minimum atomic E-state index is -0.702. The number of halogens is 1. The van der Waals surface area contributed by atoms with Gasteiger partial charge in [0.25, 0.3) is 0 Å². The zero-order valence-electron chi connectivity index (χ0n) is 35.4. The largest absolute Gasteiger partial charge is 0.356 e. The Balaban J connectivity index is 0.795. The van der Waals surface area contributed by atoms with E-state index in [1.54, 1.807) is 35.4 Å². The van der Waals surface area contributed by atoms with E-state index in [4.69, 9.17) is 16.6 Å². The van der Waals surface area contributed by atoms with Crippen LogP contribution in [0.5, 0.6) is 0 Å². The van der Waals surface area contributed by atoms with Crippen LogP contribution in [0.1, 0.15) is 114 Å². The molecule has 2 aromatic carbocycles. The Hall–Kier alpha value is -5.93. The summed E-state index contributed by atoms with van der Waals surface area (Å²) in [6.07, 6.45) is 12.8. The molecule has 0 bridgehead atoms. The number of carbonyl (C=O) groups is 5. The van der Waals surface area contributed by atoms with Crippen molar-refractivity contribution < 1.29 is 24.0 Å². The number of unbranched alkanes of at least 4 members (excludes halogenated alkanes) is 5. The molecule has 7 rings (SSSR count). The monoisotopic (exact) mass is 877 g/mol. The number of thiophene rings is 1. The maximum atomic E-state index is 13.3. The van der Waals surface area contributed by atoms with Crippen LogP contribution in [0.3, 0.4) is 0 Å². The Morgan fingerprint density at radius 3 is 2.32 bits per heavy atom. The first-order valence-corrected chi connectivity index (χ1v) is 22.3. The minimum absolute atomic E-state index is 0.0791. The molecule has 1 saturated heterocycles. The minimum Gasteiger partial charge on any atom is -0.356 e. The van der Waals surface area contributed by atoms with Gasteiger partial charge in [-0.25, -0.2) is 4.79 Å². The summed E-state index contributed by atoms with van der Waals surface area (Å²) >= 11 is 7.92. The molecular weight excluding hydrogens is 826 g/mol. The van der Waals surface area contributed by atoms with E-state index in [9.17, 15) is 24.0 Å². The Bertz CT molecular complexity index is 2420. The Labute approximate surface area is 370 Å². The number of aliphatic imine (C=N–C) groups is 1. The summed E-state index contributed by atoms with van der Waals surface area (Å²) in [5.74, 6) is 0.575. The fraction of sp³-hybridized carbons (Fsp3) is 0.391. The maximum Gasteiger partial charge on any atom is 0.328 e. The lowest BCUT2D eigenvalue weighted by Gasteiger charge is -2.22. The molecule has 0 saturated carbocycles. The lowest BCUT2D eigenvalue weighted by Crippen LogP contribution is -2.46. The maximum absolute atomic E-state index is 13.3. The van der Waals surface area contributed by atoms with E-state index < -0.39 is 24.0 Å². The summed E-state index contributed by atoms with van der Waals surface area (Å²) in [6.45, 7) is 7.31. The number of fused-ring (bicyclic) bond motifs is 3. The molecule has 1 fully saturated rings. The summed E-state index contributed by atoms with van der Waals surface area (Å²) in [7, 11) is 1.71. The van der Waals surface area contributed by atoms with Gasteiger partial charge in [0.2, 0.25) is 23.6 Å². The first kappa shape index (κ1) is 44.1. The van der Waals surface area contributed by atoms with E-state index in [1.807, 2.05) is 55.5 Å². The molecule has 5 heterocycles. The number of hydrogen-bond acceptors (Lipinski definition) is 9. The molecule has 62 heavy (non-hydrogen) atoms. The van der Waals surface area contributed by atoms with Crippen LogP contribution in [0.2, 0.25) is 5.02 Å². The number of imide groups is 1. The lowest BCUT2D eigenvalue weighted by atomic mass is 9.99. The highest BCUT2D eigenvalue weighted by atomic mass is 35.5. The van der Waals surface area contributed by atoms with Gasteiger partial charge in [0.1, 0.15) is 22.9 Å². The van der Waals surface area contributed by atoms with Crippen molar-refractivity contribution >= 4 is 64.4 Å². The molecular formula is C46H52ClN9O5S. The number of amides is 6. The first-order chi connectivity index (χ1) is 29.9. The van der Waals surface area contributed by atoms with Gasteiger partial charge in [0.15, 0.2) is 5.82 Å². The van der Waals surface area contributed by atoms with Gasteiger partial charge in [-0.05, 0) is 68.5 Å². The summed E-state index contributed by atoms with van der Waals surface area (Å²) in [5.41, 5.74) is 5.70. The van der Waals surface area contributed by atoms with Crippen molar-refractivity contribution in [2.75, 3.05) is 20.1 Å². The highest BCUT2D eigenvalue weighted by molar-refractivity contribution is 7.15. The van der Waals surface area contributed by atoms with Crippen LogP contribution in [0.15, 0.2) is 71.9 Å². The standard InChI is InChI=1S/C46H52ClN9O5S/c1-28-29(2)62-45-41(28)42(33-18-20-34(47)21-19-33)50-35(43-53-52-30(3)56(43)45)26-40(59)49-24-10-8-6-5-7-9-23-48-38(57)22-15-31-13-16-32(17-14-31)36-27-37(44(60)54(36)4)55-25-11-12-39(58)51-46(55)61/h11,13-22,25,35-37H,5-10,12,23-24,26-27H2,1-4H3,(H,48,57)(H,49,59)(H,51,58,61)/b22-15+/t35-,36+,37-/m0/s1. The summed E-state index contributed by atoms with van der Waals surface area (Å²) in [6, 6.07) is 13.3. The van der Waals surface area contributed by atoms with Gasteiger partial charge in [-0.2, -0.15) is 0 Å². The van der Waals surface area contributed by atoms with Crippen LogP contribution in [0.4, 0.5) is 4.79 Å². The summed E-state index contributed by atoms with van der Waals surface area (Å²) in [5, 5.41) is 18.9. The molecule has 14 nitrogen and oxygen atoms in total. The third kappa shape index (κ3) is 10.1. The van der Waals surface area contributed by atoms with Crippen LogP contribution in [0.25, 0.3) is 11.1 Å². The molecule has 2 aromatic heterocycles. The number of aromatic nitrogens is 3. The molecule has 6 amide bonds. The van der Waals surface area contributed by atoms with E-state index in [0.29, 0.717) is 30.4 Å². The zero-order chi connectivity index (χ0) is 43.9. The third-order valence-electron chi connectivity index (χ3n) is 11.6. The van der Waals surface area contributed by atoms with Gasteiger partial charge in [0, 0.05) is 66.3 Å². The number of nitrogens with zero attached hydrogens (tertiary/aromatic N) is 6. The molecule has 0 spiro atoms. The van der Waals surface area contributed by atoms with E-state index in [0.717, 1.165) is 82.9 Å². The number of rotatable bonds is 16. The second-order valence-corrected chi connectivity index (χ2v) is 17.6. The van der Waals surface area contributed by atoms with Crippen LogP contribution in [-0.4, -0.2) is 86.1 Å². The molecule has 0 radical (unpaired) electrons. The average Bonchev–Trinajstić information content (AvgIpc) is 3.80. The number of nitrogens with one attached hydrogen (secondary N) is 3. The molecule has 324 valence electrons. The highest BCUT2D eigenvalue weighted by Gasteiger charge is 2.43. The molecule has 0 aliphatic carbocycles. The zero-order valence-corrected chi connectivity index (χ0v) is 37.0. The van der Waals surface area contributed by atoms with Gasteiger partial charge in [-0.1, -0.05) is 79.8 Å². The molecule has 0 unspecified atom stereocenters. The molecule has 16 heteroatoms. The van der Waals surface area contributed by atoms with Crippen molar-refractivity contribution in [3.05, 3.63) is 116 Å². The second kappa shape index (κ2) is 19.8. The molecule has 3 atom stereocenters. The van der Waals surface area contributed by atoms with Gasteiger partial charge in [-0.15, -0.1) is 21.5 Å². The van der Waals surface area contributed by atoms with Crippen molar-refractivity contribution in [2.45, 2.75) is 96.7 Å². The molecule has 3 N–H and O–H groups in total. The number of urea groups is 1. The Morgan fingerprint density at radius 2 is 1.60 bits per heavy atom. The van der Waals surface area contributed by atoms with Crippen molar-refractivity contribution in [3.63, 3.8) is 0 Å². The highest BCUT2D eigenvalue weighted by Crippen LogP contribution is 2.40. The molecule has 3 aliphatic heterocycles. The molecule has 3 aliphatic rings. The molecule has 4 aromatic rings. The Kier molecular flexibility index (Phi) is 14.1. The van der Waals surface area contributed by atoms with Crippen LogP contribution in [0, 0.1) is 20.8 Å². The quantitative estimate of drug-likeness (QED) is 0.0789. The average molecular weight is 878 g/mol. The number of hydrogen-bond donors (Lipinski definition) is 3. The second-order valence-electron chi connectivity index (χ2n) is 15.9. The van der Waals surface area contributed by atoms with Crippen molar-refractivity contribution in [1.29, 1.82) is 0 Å². The number of likely N-dealkylation sites (N-methyl/N-ethyl adjacent to an activating group) is 1. The Morgan fingerprint density at radius 1 is 0.903 bits per heavy atom. The van der Waals surface area contributed by atoms with Crippen LogP contribution in [-0.2, 0) is 19.2 Å². The van der Waals surface area contributed by atoms with E-state index in [1.165, 1.54) is 22.1 Å². The third-order valence-corrected chi connectivity index (χ3v) is 13.1. The number of carbonyl (C=O) groups excluding carboxylic acids is 5. The summed E-state index contributed by atoms with van der Waals surface area (Å²) in [4.78, 5) is 72.4. The first-order valence-electron chi connectivity index (χ1n) is 21.1. The van der Waals surface area contributed by atoms with Gasteiger partial charge >= 0.3 is 6.03 Å². The lowest BCUT2D eigenvalue weighted by molar-refractivity contribution is -0.131. The van der Waals surface area contributed by atoms with Crippen molar-refractivity contribution in [1.82, 2.24) is 40.5 Å². The van der Waals surface area contributed by atoms with E-state index >= 15 is 0 Å². The van der Waals surface area contributed by atoms with E-state index in [-0.39, 0.29) is 36.6 Å². The fourth-order valence-corrected chi connectivity index (χ4v) is 9.45. The summed E-state index contributed by atoms with van der Waals surface area (Å²) < 4.78 is 2.05. The van der Waals surface area contributed by atoms with Crippen LogP contribution >= 0.6 is 22.9 Å². The van der Waals surface area contributed by atoms with Crippen LogP contribution < -0.4 is 16.0 Å². The van der Waals surface area contributed by atoms with Gasteiger partial charge in [0.05, 0.1) is 18.2 Å².